The van der Waals surface area contributed by atoms with Gasteiger partial charge in [0.05, 0.1) is 20.2 Å². The van der Waals surface area contributed by atoms with Crippen molar-refractivity contribution in [1.82, 2.24) is 4.98 Å². The molecule has 1 fully saturated rings. The SMILES string of the molecule is C=C/C1=N/C(=C)CC2C(CCc3ccc4c(oc5nc(C)ccc54)c31)c1ccccc1-c1cc(CC3CCCC3)c([Si](C)(C)C)c[n+]12. The van der Waals surface area contributed by atoms with Crippen molar-refractivity contribution in [2.24, 2.45) is 10.9 Å². The molecule has 4 nitrogen and oxygen atoms in total. The lowest BCUT2D eigenvalue weighted by molar-refractivity contribution is -0.717. The van der Waals surface area contributed by atoms with Gasteiger partial charge in [0, 0.05) is 50.5 Å². The van der Waals surface area contributed by atoms with E-state index in [4.69, 9.17) is 14.4 Å². The summed E-state index contributed by atoms with van der Waals surface area (Å²) in [6.45, 7) is 18.4. The highest BCUT2D eigenvalue weighted by Gasteiger charge is 2.42. The summed E-state index contributed by atoms with van der Waals surface area (Å²) < 4.78 is 9.16. The standard InChI is InChI=1S/C42H46N3OSi/c1-7-36-40-29(18-21-34-35-19-16-26(2)44-42(35)46-41(34)40)17-20-33-31-14-10-11-15-32(31)38-24-30(23-28-12-8-9-13-28)39(47(4,5)6)25-45(38)37(33)22-27(3)43-36/h7,10-11,14-16,18-19,21,24-25,28,33,37H,1,3,8-9,12-13,17,20,22-23H2,2,4-6H3/q+1/b43-36-. The lowest BCUT2D eigenvalue weighted by Crippen LogP contribution is -2.54. The molecule has 0 saturated heterocycles. The Kier molecular flexibility index (Phi) is 7.44. The minimum atomic E-state index is -1.62. The quantitative estimate of drug-likeness (QED) is 0.146. The van der Waals surface area contributed by atoms with Crippen LogP contribution < -0.4 is 9.75 Å². The Bertz CT molecular complexity index is 2110. The van der Waals surface area contributed by atoms with Gasteiger partial charge in [0.15, 0.2) is 12.2 Å². The Hall–Kier alpha value is -4.09. The second kappa shape index (κ2) is 11.6. The first-order chi connectivity index (χ1) is 22.7. The molecule has 0 radical (unpaired) electrons. The monoisotopic (exact) mass is 636 g/mol. The Morgan fingerprint density at radius 2 is 1.79 bits per heavy atom. The third-order valence-corrected chi connectivity index (χ3v) is 13.1. The molecule has 5 heteroatoms. The lowest BCUT2D eigenvalue weighted by Gasteiger charge is -2.33. The maximum absolute atomic E-state index is 6.51. The second-order valence-corrected chi connectivity index (χ2v) is 20.3. The van der Waals surface area contributed by atoms with E-state index in [1.54, 1.807) is 10.8 Å². The molecule has 238 valence electrons. The van der Waals surface area contributed by atoms with Gasteiger partial charge in [0.25, 0.3) is 0 Å². The molecule has 2 aromatic carbocycles. The van der Waals surface area contributed by atoms with E-state index < -0.39 is 8.07 Å². The minimum absolute atomic E-state index is 0.238. The number of aliphatic imine (C=N–C) groups is 1. The topological polar surface area (TPSA) is 42.3 Å². The molecule has 0 N–H and O–H groups in total. The van der Waals surface area contributed by atoms with Gasteiger partial charge in [-0.2, -0.15) is 4.57 Å². The Labute approximate surface area is 280 Å². The lowest BCUT2D eigenvalue weighted by atomic mass is 9.77. The molecule has 1 aliphatic carbocycles. The Balaban J connectivity index is 1.29. The van der Waals surface area contributed by atoms with Crippen molar-refractivity contribution in [3.05, 3.63) is 114 Å². The molecule has 47 heavy (non-hydrogen) atoms. The number of furan rings is 1. The number of pyridine rings is 2. The fraction of sp³-hybridized carbons (Fsp3) is 0.357. The molecule has 5 aromatic rings. The first kappa shape index (κ1) is 30.3. The predicted octanol–water partition coefficient (Wildman–Crippen LogP) is 9.69. The molecular formula is C42H46N3OSi+. The zero-order valence-electron chi connectivity index (χ0n) is 28.4. The number of hydrogen-bond donors (Lipinski definition) is 0. The highest BCUT2D eigenvalue weighted by Crippen LogP contribution is 2.45. The first-order valence-electron chi connectivity index (χ1n) is 17.6. The Morgan fingerprint density at radius 3 is 2.57 bits per heavy atom. The van der Waals surface area contributed by atoms with Gasteiger partial charge in [-0.05, 0) is 73.1 Å². The van der Waals surface area contributed by atoms with Gasteiger partial charge < -0.3 is 4.42 Å². The van der Waals surface area contributed by atoms with E-state index in [0.29, 0.717) is 11.6 Å². The number of hydrogen-bond acceptors (Lipinski definition) is 3. The van der Waals surface area contributed by atoms with E-state index in [9.17, 15) is 0 Å². The molecule has 2 unspecified atom stereocenters. The van der Waals surface area contributed by atoms with Crippen LogP contribution in [-0.4, -0.2) is 18.8 Å². The summed E-state index contributed by atoms with van der Waals surface area (Å²) in [6.07, 6.45) is 13.9. The molecule has 0 amide bonds. The van der Waals surface area contributed by atoms with Crippen LogP contribution in [0.4, 0.5) is 0 Å². The molecule has 8 rings (SSSR count). The number of allylic oxidation sites excluding steroid dienone is 2. The molecule has 3 aliphatic rings. The molecule has 0 bridgehead atoms. The molecule has 0 spiro atoms. The summed E-state index contributed by atoms with van der Waals surface area (Å²) in [7, 11) is -1.62. The minimum Gasteiger partial charge on any atom is -0.437 e. The first-order valence-corrected chi connectivity index (χ1v) is 21.1. The molecular weight excluding hydrogens is 591 g/mol. The summed E-state index contributed by atoms with van der Waals surface area (Å²) in [4.78, 5) is 9.94. The van der Waals surface area contributed by atoms with Crippen LogP contribution >= 0.6 is 0 Å². The maximum atomic E-state index is 6.51. The van der Waals surface area contributed by atoms with Crippen molar-refractivity contribution in [2.45, 2.75) is 89.9 Å². The highest BCUT2D eigenvalue weighted by atomic mass is 28.3. The van der Waals surface area contributed by atoms with Crippen molar-refractivity contribution in [2.75, 3.05) is 0 Å². The average molecular weight is 637 g/mol. The van der Waals surface area contributed by atoms with Crippen molar-refractivity contribution in [3.63, 3.8) is 0 Å². The van der Waals surface area contributed by atoms with Gasteiger partial charge in [0.2, 0.25) is 11.4 Å². The number of aryl methyl sites for hydroxylation is 2. The van der Waals surface area contributed by atoms with Crippen molar-refractivity contribution in [1.29, 1.82) is 0 Å². The van der Waals surface area contributed by atoms with Crippen molar-refractivity contribution < 1.29 is 8.98 Å². The molecule has 5 heterocycles. The van der Waals surface area contributed by atoms with E-state index in [-0.39, 0.29) is 6.04 Å². The van der Waals surface area contributed by atoms with Crippen LogP contribution in [0.25, 0.3) is 33.3 Å². The van der Waals surface area contributed by atoms with Crippen LogP contribution in [0.3, 0.4) is 0 Å². The van der Waals surface area contributed by atoms with Crippen LogP contribution in [-0.2, 0) is 12.8 Å². The third-order valence-electron chi connectivity index (χ3n) is 11.1. The van der Waals surface area contributed by atoms with Crippen LogP contribution in [0, 0.1) is 12.8 Å². The fourth-order valence-electron chi connectivity index (χ4n) is 8.83. The summed E-state index contributed by atoms with van der Waals surface area (Å²) in [5.41, 5.74) is 12.2. The number of rotatable bonds is 4. The van der Waals surface area contributed by atoms with Crippen molar-refractivity contribution in [3.8, 4) is 11.3 Å². The summed E-state index contributed by atoms with van der Waals surface area (Å²) >= 11 is 0. The fourth-order valence-corrected chi connectivity index (χ4v) is 10.5. The molecule has 2 aliphatic heterocycles. The van der Waals surface area contributed by atoms with E-state index in [1.807, 2.05) is 13.0 Å². The zero-order valence-corrected chi connectivity index (χ0v) is 29.4. The van der Waals surface area contributed by atoms with E-state index in [1.165, 1.54) is 54.5 Å². The number of fused-ring (bicyclic) bond motifs is 11. The van der Waals surface area contributed by atoms with Gasteiger partial charge in [-0.3, -0.25) is 4.99 Å². The maximum Gasteiger partial charge on any atom is 0.227 e. The van der Waals surface area contributed by atoms with Crippen LogP contribution in [0.15, 0.2) is 95.1 Å². The predicted molar refractivity (Wildman–Crippen MR) is 198 cm³/mol. The average Bonchev–Trinajstić information content (AvgIpc) is 3.69. The summed E-state index contributed by atoms with van der Waals surface area (Å²) in [6, 6.07) is 20.7. The van der Waals surface area contributed by atoms with E-state index in [2.05, 4.69) is 98.2 Å². The van der Waals surface area contributed by atoms with Crippen LogP contribution in [0.5, 0.6) is 0 Å². The zero-order chi connectivity index (χ0) is 32.4. The molecule has 1 saturated carbocycles. The number of benzene rings is 2. The van der Waals surface area contributed by atoms with E-state index in [0.717, 1.165) is 64.2 Å². The van der Waals surface area contributed by atoms with E-state index >= 15 is 0 Å². The number of nitrogens with zero attached hydrogens (tertiary/aromatic N) is 3. The van der Waals surface area contributed by atoms with Crippen LogP contribution in [0.1, 0.15) is 78.4 Å². The molecule has 3 aromatic heterocycles. The smallest absolute Gasteiger partial charge is 0.227 e. The Morgan fingerprint density at radius 1 is 1.00 bits per heavy atom. The third kappa shape index (κ3) is 5.24. The van der Waals surface area contributed by atoms with Gasteiger partial charge in [-0.15, -0.1) is 0 Å². The van der Waals surface area contributed by atoms with Gasteiger partial charge >= 0.3 is 0 Å². The van der Waals surface area contributed by atoms with Crippen LogP contribution in [0.2, 0.25) is 19.6 Å². The van der Waals surface area contributed by atoms with Gasteiger partial charge in [-0.1, -0.05) is 88.8 Å². The van der Waals surface area contributed by atoms with Gasteiger partial charge in [-0.25, -0.2) is 4.98 Å². The molecule has 2 atom stereocenters. The van der Waals surface area contributed by atoms with Crippen molar-refractivity contribution >= 4 is 41.0 Å². The highest BCUT2D eigenvalue weighted by molar-refractivity contribution is 6.89. The second-order valence-electron chi connectivity index (χ2n) is 15.3. The summed E-state index contributed by atoms with van der Waals surface area (Å²) in [5.74, 6) is 1.15. The number of aromatic nitrogens is 2. The normalized spacial score (nSPS) is 21.1. The van der Waals surface area contributed by atoms with Gasteiger partial charge in [0.1, 0.15) is 5.58 Å². The summed E-state index contributed by atoms with van der Waals surface area (Å²) in [5, 5.41) is 3.72. The largest absolute Gasteiger partial charge is 0.437 e.